The van der Waals surface area contributed by atoms with Gasteiger partial charge >= 0.3 is 0 Å². The molecule has 1 unspecified atom stereocenters. The number of hydrogen-bond donors (Lipinski definition) is 2. The van der Waals surface area contributed by atoms with Crippen molar-refractivity contribution in [2.75, 3.05) is 5.32 Å². The van der Waals surface area contributed by atoms with Crippen LogP contribution in [0.1, 0.15) is 19.8 Å². The number of carbonyl (C=O) groups excluding carboxylic acids is 1. The SMILES string of the molecule is CCCC(N)C(=O)Nc1nc(-c2ccccc2)ns1. The van der Waals surface area contributed by atoms with Gasteiger partial charge in [-0.3, -0.25) is 10.1 Å². The van der Waals surface area contributed by atoms with Crippen molar-refractivity contribution in [3.05, 3.63) is 30.3 Å². The number of aromatic nitrogens is 2. The van der Waals surface area contributed by atoms with Crippen LogP contribution in [-0.4, -0.2) is 21.3 Å². The van der Waals surface area contributed by atoms with Crippen molar-refractivity contribution >= 4 is 22.6 Å². The number of hydrogen-bond acceptors (Lipinski definition) is 5. The third kappa shape index (κ3) is 3.59. The molecular weight excluding hydrogens is 260 g/mol. The lowest BCUT2D eigenvalue weighted by Gasteiger charge is -2.08. The van der Waals surface area contributed by atoms with Crippen molar-refractivity contribution in [1.29, 1.82) is 0 Å². The van der Waals surface area contributed by atoms with Crippen molar-refractivity contribution in [2.45, 2.75) is 25.8 Å². The maximum Gasteiger partial charge on any atom is 0.243 e. The fraction of sp³-hybridized carbons (Fsp3) is 0.308. The number of nitrogens with two attached hydrogens (primary N) is 1. The molecule has 2 rings (SSSR count). The highest BCUT2D eigenvalue weighted by Crippen LogP contribution is 2.20. The Kier molecular flexibility index (Phi) is 4.59. The molecule has 3 N–H and O–H groups in total. The van der Waals surface area contributed by atoms with Gasteiger partial charge in [-0.15, -0.1) is 0 Å². The molecule has 1 atom stereocenters. The first-order valence-corrected chi connectivity index (χ1v) is 6.93. The lowest BCUT2D eigenvalue weighted by atomic mass is 10.2. The van der Waals surface area contributed by atoms with Gasteiger partial charge in [-0.1, -0.05) is 43.7 Å². The van der Waals surface area contributed by atoms with E-state index in [1.165, 1.54) is 0 Å². The number of rotatable bonds is 5. The molecular formula is C13H16N4OS. The molecule has 1 heterocycles. The van der Waals surface area contributed by atoms with Crippen LogP contribution in [0.2, 0.25) is 0 Å². The largest absolute Gasteiger partial charge is 0.320 e. The van der Waals surface area contributed by atoms with Crippen LogP contribution in [0.3, 0.4) is 0 Å². The number of carbonyl (C=O) groups is 1. The van der Waals surface area contributed by atoms with Crippen LogP contribution in [-0.2, 0) is 4.79 Å². The Hall–Kier alpha value is -1.79. The highest BCUT2D eigenvalue weighted by Gasteiger charge is 2.15. The van der Waals surface area contributed by atoms with Crippen LogP contribution in [0.25, 0.3) is 11.4 Å². The molecule has 0 aliphatic heterocycles. The van der Waals surface area contributed by atoms with Crippen molar-refractivity contribution in [1.82, 2.24) is 9.36 Å². The lowest BCUT2D eigenvalue weighted by Crippen LogP contribution is -2.35. The fourth-order valence-electron chi connectivity index (χ4n) is 1.62. The summed E-state index contributed by atoms with van der Waals surface area (Å²) in [6, 6.07) is 9.14. The van der Waals surface area contributed by atoms with Gasteiger partial charge in [-0.05, 0) is 6.42 Å². The molecule has 0 bridgehead atoms. The second-order valence-corrected chi connectivity index (χ2v) is 4.93. The first-order chi connectivity index (χ1) is 9.20. The molecule has 100 valence electrons. The molecule has 2 aromatic rings. The third-order valence-corrected chi connectivity index (χ3v) is 3.26. The normalized spacial score (nSPS) is 12.1. The van der Waals surface area contributed by atoms with E-state index >= 15 is 0 Å². The van der Waals surface area contributed by atoms with Gasteiger partial charge in [0.1, 0.15) is 0 Å². The van der Waals surface area contributed by atoms with Gasteiger partial charge in [-0.25, -0.2) is 0 Å². The van der Waals surface area contributed by atoms with Gasteiger partial charge in [0, 0.05) is 17.1 Å². The highest BCUT2D eigenvalue weighted by molar-refractivity contribution is 7.10. The number of benzene rings is 1. The van der Waals surface area contributed by atoms with E-state index in [1.54, 1.807) is 0 Å². The monoisotopic (exact) mass is 276 g/mol. The van der Waals surface area contributed by atoms with Gasteiger partial charge in [0.25, 0.3) is 0 Å². The fourth-order valence-corrected chi connectivity index (χ4v) is 2.21. The molecule has 1 amide bonds. The second-order valence-electron chi connectivity index (χ2n) is 4.17. The Balaban J connectivity index is 2.04. The van der Waals surface area contributed by atoms with E-state index in [-0.39, 0.29) is 5.91 Å². The van der Waals surface area contributed by atoms with E-state index in [1.807, 2.05) is 37.3 Å². The Morgan fingerprint density at radius 2 is 2.16 bits per heavy atom. The van der Waals surface area contributed by atoms with Gasteiger partial charge < -0.3 is 5.73 Å². The summed E-state index contributed by atoms with van der Waals surface area (Å²) in [6.45, 7) is 1.99. The molecule has 19 heavy (non-hydrogen) atoms. The third-order valence-electron chi connectivity index (χ3n) is 2.62. The molecule has 0 aliphatic rings. The summed E-state index contributed by atoms with van der Waals surface area (Å²) >= 11 is 1.16. The first kappa shape index (κ1) is 13.6. The van der Waals surface area contributed by atoms with Crippen molar-refractivity contribution in [3.63, 3.8) is 0 Å². The van der Waals surface area contributed by atoms with Crippen molar-refractivity contribution in [3.8, 4) is 11.4 Å². The predicted molar refractivity (Wildman–Crippen MR) is 76.9 cm³/mol. The quantitative estimate of drug-likeness (QED) is 0.877. The van der Waals surface area contributed by atoms with Gasteiger partial charge in [0.2, 0.25) is 11.0 Å². The molecule has 0 saturated heterocycles. The average molecular weight is 276 g/mol. The second kappa shape index (κ2) is 6.40. The van der Waals surface area contributed by atoms with E-state index in [0.717, 1.165) is 23.5 Å². The molecule has 0 saturated carbocycles. The number of anilines is 1. The summed E-state index contributed by atoms with van der Waals surface area (Å²) in [5.74, 6) is 0.405. The standard InChI is InChI=1S/C13H16N4OS/c1-2-6-10(14)12(18)16-13-15-11(17-19-13)9-7-4-3-5-8-9/h3-5,7-8,10H,2,6,14H2,1H3,(H,15,16,17,18). The predicted octanol–water partition coefficient (Wildman–Crippen LogP) is 2.27. The minimum Gasteiger partial charge on any atom is -0.320 e. The van der Waals surface area contributed by atoms with Crippen LogP contribution < -0.4 is 11.1 Å². The van der Waals surface area contributed by atoms with Crippen LogP contribution in [0.15, 0.2) is 30.3 Å². The molecule has 1 aromatic heterocycles. The number of nitrogens with zero attached hydrogens (tertiary/aromatic N) is 2. The Bertz CT molecular complexity index is 541. The smallest absolute Gasteiger partial charge is 0.243 e. The van der Waals surface area contributed by atoms with E-state index < -0.39 is 6.04 Å². The summed E-state index contributed by atoms with van der Waals surface area (Å²) in [6.07, 6.45) is 1.54. The number of amides is 1. The maximum atomic E-state index is 11.8. The lowest BCUT2D eigenvalue weighted by molar-refractivity contribution is -0.117. The summed E-state index contributed by atoms with van der Waals surface area (Å²) in [5.41, 5.74) is 6.67. The van der Waals surface area contributed by atoms with E-state index in [2.05, 4.69) is 14.7 Å². The Morgan fingerprint density at radius 3 is 2.84 bits per heavy atom. The molecule has 0 spiro atoms. The van der Waals surface area contributed by atoms with E-state index in [4.69, 9.17) is 5.73 Å². The van der Waals surface area contributed by atoms with Gasteiger partial charge in [0.15, 0.2) is 5.82 Å². The number of nitrogens with one attached hydrogen (secondary N) is 1. The minimum atomic E-state index is -0.492. The molecule has 0 aliphatic carbocycles. The maximum absolute atomic E-state index is 11.8. The summed E-state index contributed by atoms with van der Waals surface area (Å²) in [5, 5.41) is 3.18. The molecule has 0 radical (unpaired) electrons. The van der Waals surface area contributed by atoms with E-state index in [0.29, 0.717) is 17.4 Å². The topological polar surface area (TPSA) is 80.9 Å². The average Bonchev–Trinajstić information content (AvgIpc) is 2.88. The van der Waals surface area contributed by atoms with Crippen LogP contribution in [0, 0.1) is 0 Å². The molecule has 5 nitrogen and oxygen atoms in total. The summed E-state index contributed by atoms with van der Waals surface area (Å²) < 4.78 is 4.22. The highest BCUT2D eigenvalue weighted by atomic mass is 32.1. The minimum absolute atomic E-state index is 0.211. The summed E-state index contributed by atoms with van der Waals surface area (Å²) in [7, 11) is 0. The van der Waals surface area contributed by atoms with Gasteiger partial charge in [-0.2, -0.15) is 9.36 Å². The van der Waals surface area contributed by atoms with Gasteiger partial charge in [0.05, 0.1) is 6.04 Å². The zero-order valence-electron chi connectivity index (χ0n) is 10.7. The van der Waals surface area contributed by atoms with Crippen LogP contribution >= 0.6 is 11.5 Å². The molecule has 6 heteroatoms. The van der Waals surface area contributed by atoms with Crippen molar-refractivity contribution < 1.29 is 4.79 Å². The van der Waals surface area contributed by atoms with Crippen LogP contribution in [0.4, 0.5) is 5.13 Å². The zero-order chi connectivity index (χ0) is 13.7. The van der Waals surface area contributed by atoms with Crippen LogP contribution in [0.5, 0.6) is 0 Å². The Labute approximate surface area is 116 Å². The molecule has 0 fully saturated rings. The zero-order valence-corrected chi connectivity index (χ0v) is 11.5. The molecule has 1 aromatic carbocycles. The first-order valence-electron chi connectivity index (χ1n) is 6.16. The van der Waals surface area contributed by atoms with E-state index in [9.17, 15) is 4.79 Å². The Morgan fingerprint density at radius 1 is 1.42 bits per heavy atom. The summed E-state index contributed by atoms with van der Waals surface area (Å²) in [4.78, 5) is 16.0. The van der Waals surface area contributed by atoms with Crippen molar-refractivity contribution in [2.24, 2.45) is 5.73 Å².